The Morgan fingerprint density at radius 3 is 2.58 bits per heavy atom. The number of cyclic esters (lactones) is 1. The Bertz CT molecular complexity index is 2040. The second-order valence-electron chi connectivity index (χ2n) is 14.0. The largest absolute Gasteiger partial charge is 0.464 e. The smallest absolute Gasteiger partial charge is 0.323 e. The number of ether oxygens (including phenoxy) is 1. The summed E-state index contributed by atoms with van der Waals surface area (Å²) in [7, 11) is -3.62. The van der Waals surface area contributed by atoms with Gasteiger partial charge in [-0.15, -0.1) is 11.3 Å². The SMILES string of the molecule is O=C(N[C@H]1CCC[C@H]2CC[C@@H](C(=O)N3CC(c4cccnc4)C3)N2C1=O)c1cc2cc(CP(=O)(N[C@H]3CCOC3=O)Oc3ccccc3)ccc2s1. The van der Waals surface area contributed by atoms with Gasteiger partial charge in [0.2, 0.25) is 11.8 Å². The zero-order valence-corrected chi connectivity index (χ0v) is 30.2. The van der Waals surface area contributed by atoms with Crippen LogP contribution in [0.15, 0.2) is 79.1 Å². The predicted octanol–water partition coefficient (Wildman–Crippen LogP) is 5.24. The molecule has 12 nitrogen and oxygen atoms in total. The van der Waals surface area contributed by atoms with Crippen LogP contribution in [0.5, 0.6) is 5.75 Å². The van der Waals surface area contributed by atoms with E-state index in [0.717, 1.165) is 34.9 Å². The van der Waals surface area contributed by atoms with Crippen molar-refractivity contribution in [1.82, 2.24) is 25.2 Å². The van der Waals surface area contributed by atoms with E-state index >= 15 is 0 Å². The molecule has 0 bridgehead atoms. The molecule has 8 rings (SSSR count). The highest BCUT2D eigenvalue weighted by Crippen LogP contribution is 2.48. The van der Waals surface area contributed by atoms with Gasteiger partial charge in [-0.2, -0.15) is 0 Å². The first-order chi connectivity index (χ1) is 25.2. The molecule has 2 N–H and O–H groups in total. The molecule has 52 heavy (non-hydrogen) atoms. The highest BCUT2D eigenvalue weighted by Gasteiger charge is 2.47. The molecule has 5 atom stereocenters. The number of nitrogens with zero attached hydrogens (tertiary/aromatic N) is 3. The van der Waals surface area contributed by atoms with Crippen molar-refractivity contribution < 1.29 is 33.0 Å². The standard InChI is InChI=1S/C38H40N5O7PS/c44-35(40-30-10-4-7-28-12-13-32(43(28)36(30)45)37(46)42-21-27(22-42)25-6-5-16-39-20-25)34-19-26-18-24(11-14-33(26)52-34)23-51(48,41-31-15-17-49-38(31)47)50-29-8-2-1-3-9-29/h1-3,5-6,8-9,11,14,16,18-20,27-28,30-32H,4,7,10,12-13,15,17,21-23H2,(H,40,44)(H,41,48)/t28-,30-,31-,32-,51?/m0/s1. The van der Waals surface area contributed by atoms with Gasteiger partial charge >= 0.3 is 13.5 Å². The van der Waals surface area contributed by atoms with Crippen LogP contribution in [0, 0.1) is 0 Å². The van der Waals surface area contributed by atoms with Crippen molar-refractivity contribution in [3.63, 3.8) is 0 Å². The fourth-order valence-electron chi connectivity index (χ4n) is 7.81. The third-order valence-electron chi connectivity index (χ3n) is 10.5. The van der Waals surface area contributed by atoms with E-state index in [1.54, 1.807) is 41.4 Å². The van der Waals surface area contributed by atoms with Gasteiger partial charge in [-0.05, 0) is 85.0 Å². The van der Waals surface area contributed by atoms with E-state index in [1.807, 2.05) is 47.5 Å². The van der Waals surface area contributed by atoms with Crippen molar-refractivity contribution in [2.75, 3.05) is 19.7 Å². The third-order valence-corrected chi connectivity index (χ3v) is 13.6. The number of esters is 1. The topological polar surface area (TPSA) is 147 Å². The molecule has 4 aliphatic heterocycles. The van der Waals surface area contributed by atoms with Gasteiger partial charge in [0.15, 0.2) is 0 Å². The fraction of sp³-hybridized carbons (Fsp3) is 0.395. The molecular formula is C38H40N5O7PS. The van der Waals surface area contributed by atoms with Crippen LogP contribution in [-0.4, -0.2) is 82.3 Å². The number of carbonyl (C=O) groups excluding carboxylic acids is 4. The van der Waals surface area contributed by atoms with Gasteiger partial charge in [-0.1, -0.05) is 30.3 Å². The molecule has 1 unspecified atom stereocenters. The molecule has 0 spiro atoms. The number of likely N-dealkylation sites (tertiary alicyclic amines) is 1. The number of nitrogens with one attached hydrogen (secondary N) is 2. The van der Waals surface area contributed by atoms with Gasteiger partial charge in [-0.25, -0.2) is 5.09 Å². The Morgan fingerprint density at radius 2 is 1.81 bits per heavy atom. The first-order valence-electron chi connectivity index (χ1n) is 17.9. The fourth-order valence-corrected chi connectivity index (χ4v) is 10.8. The van der Waals surface area contributed by atoms with E-state index in [2.05, 4.69) is 15.4 Å². The molecule has 4 aromatic rings. The van der Waals surface area contributed by atoms with Crippen LogP contribution in [0.2, 0.25) is 0 Å². The number of carbonyl (C=O) groups is 4. The van der Waals surface area contributed by atoms with Gasteiger partial charge in [-0.3, -0.25) is 28.7 Å². The van der Waals surface area contributed by atoms with Crippen LogP contribution in [0.4, 0.5) is 0 Å². The Morgan fingerprint density at radius 1 is 0.962 bits per heavy atom. The lowest BCUT2D eigenvalue weighted by atomic mass is 9.92. The van der Waals surface area contributed by atoms with Gasteiger partial charge in [0.1, 0.15) is 23.9 Å². The van der Waals surface area contributed by atoms with Crippen molar-refractivity contribution in [1.29, 1.82) is 0 Å². The zero-order valence-electron chi connectivity index (χ0n) is 28.5. The quantitative estimate of drug-likeness (QED) is 0.165. The minimum atomic E-state index is -3.62. The molecule has 2 aromatic carbocycles. The van der Waals surface area contributed by atoms with Gasteiger partial charge in [0, 0.05) is 48.6 Å². The van der Waals surface area contributed by atoms with E-state index in [4.69, 9.17) is 9.26 Å². The summed E-state index contributed by atoms with van der Waals surface area (Å²) in [6, 6.07) is 18.1. The van der Waals surface area contributed by atoms with E-state index in [-0.39, 0.29) is 42.5 Å². The van der Waals surface area contributed by atoms with Gasteiger partial charge < -0.3 is 24.4 Å². The molecule has 0 radical (unpaired) electrons. The van der Waals surface area contributed by atoms with Crippen molar-refractivity contribution in [3.8, 4) is 5.75 Å². The number of pyridine rings is 1. The molecule has 270 valence electrons. The number of hydrogen-bond acceptors (Lipinski definition) is 9. The number of hydrogen-bond donors (Lipinski definition) is 2. The van der Waals surface area contributed by atoms with E-state index in [0.29, 0.717) is 48.5 Å². The lowest BCUT2D eigenvalue weighted by molar-refractivity contribution is -0.148. The molecule has 6 heterocycles. The van der Waals surface area contributed by atoms with Crippen molar-refractivity contribution in [2.24, 2.45) is 0 Å². The summed E-state index contributed by atoms with van der Waals surface area (Å²) in [5.74, 6) is -0.336. The average Bonchev–Trinajstić information content (AvgIpc) is 3.83. The molecule has 4 aliphatic rings. The lowest BCUT2D eigenvalue weighted by Gasteiger charge is -2.42. The summed E-state index contributed by atoms with van der Waals surface area (Å²) >= 11 is 1.31. The molecule has 4 fully saturated rings. The summed E-state index contributed by atoms with van der Waals surface area (Å²) < 4.78 is 26.1. The summed E-state index contributed by atoms with van der Waals surface area (Å²) in [5.41, 5.74) is 1.82. The Balaban J connectivity index is 0.942. The van der Waals surface area contributed by atoms with E-state index < -0.39 is 31.6 Å². The molecule has 2 aromatic heterocycles. The maximum Gasteiger partial charge on any atom is 0.323 e. The molecule has 4 saturated heterocycles. The normalized spacial score (nSPS) is 24.5. The minimum Gasteiger partial charge on any atom is -0.464 e. The van der Waals surface area contributed by atoms with Gasteiger partial charge in [0.05, 0.1) is 17.6 Å². The Hall–Kier alpha value is -4.58. The van der Waals surface area contributed by atoms with Crippen molar-refractivity contribution in [3.05, 3.63) is 95.1 Å². The van der Waals surface area contributed by atoms with Crippen LogP contribution in [0.1, 0.15) is 65.2 Å². The summed E-state index contributed by atoms with van der Waals surface area (Å²) in [5, 5.41) is 6.73. The number of para-hydroxylation sites is 1. The number of benzene rings is 2. The minimum absolute atomic E-state index is 0.00264. The highest BCUT2D eigenvalue weighted by atomic mass is 32.1. The van der Waals surface area contributed by atoms with Crippen LogP contribution in [-0.2, 0) is 29.8 Å². The Kier molecular flexibility index (Phi) is 9.58. The molecule has 0 saturated carbocycles. The van der Waals surface area contributed by atoms with E-state index in [9.17, 15) is 23.7 Å². The lowest BCUT2D eigenvalue weighted by Crippen LogP contribution is -2.58. The number of fused-ring (bicyclic) bond motifs is 2. The maximum absolute atomic E-state index is 14.2. The van der Waals surface area contributed by atoms with Crippen LogP contribution in [0.3, 0.4) is 0 Å². The van der Waals surface area contributed by atoms with Crippen LogP contribution in [0.25, 0.3) is 10.1 Å². The highest BCUT2D eigenvalue weighted by molar-refractivity contribution is 7.56. The molecule has 3 amide bonds. The number of amides is 3. The monoisotopic (exact) mass is 741 g/mol. The maximum atomic E-state index is 14.2. The molecule has 0 aliphatic carbocycles. The summed E-state index contributed by atoms with van der Waals surface area (Å²) in [4.78, 5) is 61.8. The van der Waals surface area contributed by atoms with Crippen LogP contribution >= 0.6 is 18.9 Å². The number of aromatic nitrogens is 1. The van der Waals surface area contributed by atoms with Gasteiger partial charge in [0.25, 0.3) is 5.91 Å². The second-order valence-corrected chi connectivity index (χ2v) is 17.2. The van der Waals surface area contributed by atoms with Crippen molar-refractivity contribution in [2.45, 2.75) is 74.8 Å². The number of rotatable bonds is 10. The zero-order chi connectivity index (χ0) is 35.8. The first kappa shape index (κ1) is 34.5. The summed E-state index contributed by atoms with van der Waals surface area (Å²) in [6.07, 6.45) is 7.49. The summed E-state index contributed by atoms with van der Waals surface area (Å²) in [6.45, 7) is 1.49. The van der Waals surface area contributed by atoms with Crippen LogP contribution < -0.4 is 14.9 Å². The predicted molar refractivity (Wildman–Crippen MR) is 195 cm³/mol. The molecular weight excluding hydrogens is 701 g/mol. The average molecular weight is 742 g/mol. The first-order valence-corrected chi connectivity index (χ1v) is 20.5. The van der Waals surface area contributed by atoms with Crippen molar-refractivity contribution >= 4 is 52.6 Å². The van der Waals surface area contributed by atoms with E-state index in [1.165, 1.54) is 11.3 Å². The molecule has 14 heteroatoms. The second kappa shape index (κ2) is 14.4. The third kappa shape index (κ3) is 7.09. The Labute approximate surface area is 305 Å². The number of thiophene rings is 1.